The Balaban J connectivity index is 1.67. The Morgan fingerprint density at radius 2 is 1.60 bits per heavy atom. The standard InChI is InChI=1S/C25H21N3O2/c1-18(29)21-13-8-14-22(15-21)26-25(30)23-17-28(16-19-9-4-2-5-10-19)27-24(23)20-11-6-3-7-12-20/h2-15,17H,16H2,1H3,(H,26,30). The Bertz CT molecular complexity index is 1180. The summed E-state index contributed by atoms with van der Waals surface area (Å²) in [5.41, 5.74) is 4.18. The van der Waals surface area contributed by atoms with Crippen LogP contribution in [-0.2, 0) is 6.54 Å². The second-order valence-corrected chi connectivity index (χ2v) is 7.03. The highest BCUT2D eigenvalue weighted by molar-refractivity contribution is 6.08. The highest BCUT2D eigenvalue weighted by Gasteiger charge is 2.18. The Hall–Kier alpha value is -3.99. The summed E-state index contributed by atoms with van der Waals surface area (Å²) in [6.45, 7) is 2.07. The molecule has 1 amide bonds. The van der Waals surface area contributed by atoms with E-state index >= 15 is 0 Å². The van der Waals surface area contributed by atoms with E-state index in [0.717, 1.165) is 11.1 Å². The molecule has 0 fully saturated rings. The number of benzene rings is 3. The topological polar surface area (TPSA) is 64.0 Å². The maximum absolute atomic E-state index is 13.1. The minimum absolute atomic E-state index is 0.0493. The van der Waals surface area contributed by atoms with E-state index in [0.29, 0.717) is 29.1 Å². The summed E-state index contributed by atoms with van der Waals surface area (Å²) in [5.74, 6) is -0.319. The minimum atomic E-state index is -0.270. The second-order valence-electron chi connectivity index (χ2n) is 7.03. The molecule has 148 valence electrons. The molecular formula is C25H21N3O2. The van der Waals surface area contributed by atoms with E-state index in [4.69, 9.17) is 0 Å². The molecule has 4 rings (SSSR count). The largest absolute Gasteiger partial charge is 0.322 e. The van der Waals surface area contributed by atoms with Crippen LogP contribution in [-0.4, -0.2) is 21.5 Å². The van der Waals surface area contributed by atoms with Gasteiger partial charge in [0.2, 0.25) is 0 Å². The lowest BCUT2D eigenvalue weighted by Gasteiger charge is -2.06. The molecule has 1 aromatic heterocycles. The molecule has 0 saturated carbocycles. The first-order valence-electron chi connectivity index (χ1n) is 9.69. The SMILES string of the molecule is CC(=O)c1cccc(NC(=O)c2cn(Cc3ccccc3)nc2-c2ccccc2)c1. The molecule has 1 N–H and O–H groups in total. The van der Waals surface area contributed by atoms with Gasteiger partial charge in [-0.15, -0.1) is 0 Å². The molecule has 0 bridgehead atoms. The zero-order chi connectivity index (χ0) is 20.9. The predicted octanol–water partition coefficient (Wildman–Crippen LogP) is 5.05. The number of nitrogens with zero attached hydrogens (tertiary/aromatic N) is 2. The summed E-state index contributed by atoms with van der Waals surface area (Å²) in [4.78, 5) is 24.7. The van der Waals surface area contributed by atoms with Crippen LogP contribution in [0.3, 0.4) is 0 Å². The van der Waals surface area contributed by atoms with Crippen LogP contribution in [0.1, 0.15) is 33.2 Å². The van der Waals surface area contributed by atoms with Crippen LogP contribution in [0.2, 0.25) is 0 Å². The third kappa shape index (κ3) is 4.36. The van der Waals surface area contributed by atoms with Gasteiger partial charge in [0.1, 0.15) is 5.69 Å². The van der Waals surface area contributed by atoms with Crippen molar-refractivity contribution in [3.05, 3.63) is 108 Å². The summed E-state index contributed by atoms with van der Waals surface area (Å²) < 4.78 is 1.78. The zero-order valence-corrected chi connectivity index (χ0v) is 16.6. The van der Waals surface area contributed by atoms with Gasteiger partial charge in [-0.3, -0.25) is 14.3 Å². The molecule has 0 radical (unpaired) electrons. The van der Waals surface area contributed by atoms with Crippen molar-refractivity contribution in [3.63, 3.8) is 0 Å². The average molecular weight is 395 g/mol. The van der Waals surface area contributed by atoms with Crippen molar-refractivity contribution in [1.29, 1.82) is 0 Å². The van der Waals surface area contributed by atoms with Crippen molar-refractivity contribution in [2.75, 3.05) is 5.32 Å². The molecule has 0 atom stereocenters. The molecule has 5 nitrogen and oxygen atoms in total. The molecular weight excluding hydrogens is 374 g/mol. The molecule has 0 saturated heterocycles. The summed E-state index contributed by atoms with van der Waals surface area (Å²) in [5, 5.41) is 7.58. The third-order valence-corrected chi connectivity index (χ3v) is 4.77. The first-order valence-corrected chi connectivity index (χ1v) is 9.69. The van der Waals surface area contributed by atoms with Crippen molar-refractivity contribution >= 4 is 17.4 Å². The molecule has 5 heteroatoms. The lowest BCUT2D eigenvalue weighted by Crippen LogP contribution is -2.12. The molecule has 0 aliphatic heterocycles. The van der Waals surface area contributed by atoms with Crippen molar-refractivity contribution in [3.8, 4) is 11.3 Å². The number of carbonyl (C=O) groups is 2. The molecule has 0 aliphatic carbocycles. The summed E-state index contributed by atoms with van der Waals surface area (Å²) in [6.07, 6.45) is 1.76. The van der Waals surface area contributed by atoms with E-state index in [-0.39, 0.29) is 11.7 Å². The van der Waals surface area contributed by atoms with Gasteiger partial charge in [0.15, 0.2) is 5.78 Å². The van der Waals surface area contributed by atoms with E-state index in [9.17, 15) is 9.59 Å². The van der Waals surface area contributed by atoms with Crippen LogP contribution in [0, 0.1) is 0 Å². The summed E-state index contributed by atoms with van der Waals surface area (Å²) >= 11 is 0. The monoisotopic (exact) mass is 395 g/mol. The molecule has 4 aromatic rings. The molecule has 0 aliphatic rings. The fraction of sp³-hybridized carbons (Fsp3) is 0.0800. The first kappa shape index (κ1) is 19.3. The molecule has 30 heavy (non-hydrogen) atoms. The predicted molar refractivity (Wildman–Crippen MR) is 118 cm³/mol. The van der Waals surface area contributed by atoms with Crippen LogP contribution >= 0.6 is 0 Å². The van der Waals surface area contributed by atoms with Crippen LogP contribution < -0.4 is 5.32 Å². The summed E-state index contributed by atoms with van der Waals surface area (Å²) in [7, 11) is 0. The lowest BCUT2D eigenvalue weighted by molar-refractivity contribution is 0.101. The van der Waals surface area contributed by atoms with E-state index in [1.165, 1.54) is 6.92 Å². The van der Waals surface area contributed by atoms with Crippen molar-refractivity contribution in [2.24, 2.45) is 0 Å². The number of carbonyl (C=O) groups excluding carboxylic acids is 2. The van der Waals surface area contributed by atoms with Crippen molar-refractivity contribution in [1.82, 2.24) is 9.78 Å². The van der Waals surface area contributed by atoms with Gasteiger partial charge >= 0.3 is 0 Å². The number of aromatic nitrogens is 2. The van der Waals surface area contributed by atoms with Crippen molar-refractivity contribution < 1.29 is 9.59 Å². The second kappa shape index (κ2) is 8.57. The normalized spacial score (nSPS) is 10.6. The number of anilines is 1. The fourth-order valence-corrected chi connectivity index (χ4v) is 3.26. The zero-order valence-electron chi connectivity index (χ0n) is 16.6. The van der Waals surface area contributed by atoms with Crippen LogP contribution in [0.5, 0.6) is 0 Å². The molecule has 3 aromatic carbocycles. The third-order valence-electron chi connectivity index (χ3n) is 4.77. The maximum atomic E-state index is 13.1. The lowest BCUT2D eigenvalue weighted by atomic mass is 10.1. The first-order chi connectivity index (χ1) is 14.6. The van der Waals surface area contributed by atoms with Gasteiger partial charge in [0, 0.05) is 23.0 Å². The number of Topliss-reactive ketones (excluding diaryl/α,β-unsaturated/α-hetero) is 1. The van der Waals surface area contributed by atoms with Crippen molar-refractivity contribution in [2.45, 2.75) is 13.5 Å². The quantitative estimate of drug-likeness (QED) is 0.465. The van der Waals surface area contributed by atoms with Gasteiger partial charge in [0.25, 0.3) is 5.91 Å². The summed E-state index contributed by atoms with van der Waals surface area (Å²) in [6, 6.07) is 26.5. The highest BCUT2D eigenvalue weighted by atomic mass is 16.1. The maximum Gasteiger partial charge on any atom is 0.259 e. The van der Waals surface area contributed by atoms with Gasteiger partial charge in [-0.2, -0.15) is 5.10 Å². The number of ketones is 1. The van der Waals surface area contributed by atoms with Crippen LogP contribution in [0.25, 0.3) is 11.3 Å². The van der Waals surface area contributed by atoms with E-state index < -0.39 is 0 Å². The number of hydrogen-bond acceptors (Lipinski definition) is 3. The van der Waals surface area contributed by atoms with Gasteiger partial charge in [-0.25, -0.2) is 0 Å². The van der Waals surface area contributed by atoms with Gasteiger partial charge in [-0.05, 0) is 24.6 Å². The fourth-order valence-electron chi connectivity index (χ4n) is 3.26. The smallest absolute Gasteiger partial charge is 0.259 e. The Labute approximate surface area is 175 Å². The van der Waals surface area contributed by atoms with Gasteiger partial charge in [-0.1, -0.05) is 72.8 Å². The highest BCUT2D eigenvalue weighted by Crippen LogP contribution is 2.24. The van der Waals surface area contributed by atoms with Crippen LogP contribution in [0.4, 0.5) is 5.69 Å². The number of amides is 1. The van der Waals surface area contributed by atoms with E-state index in [2.05, 4.69) is 10.4 Å². The minimum Gasteiger partial charge on any atom is -0.322 e. The average Bonchev–Trinajstić information content (AvgIpc) is 3.19. The molecule has 0 spiro atoms. The number of rotatable bonds is 6. The van der Waals surface area contributed by atoms with Gasteiger partial charge in [0.05, 0.1) is 12.1 Å². The van der Waals surface area contributed by atoms with E-state index in [1.807, 2.05) is 60.7 Å². The molecule has 1 heterocycles. The Kier molecular flexibility index (Phi) is 5.52. The van der Waals surface area contributed by atoms with E-state index in [1.54, 1.807) is 35.1 Å². The van der Waals surface area contributed by atoms with Gasteiger partial charge < -0.3 is 5.32 Å². The Morgan fingerprint density at radius 3 is 2.30 bits per heavy atom. The number of hydrogen-bond donors (Lipinski definition) is 1. The van der Waals surface area contributed by atoms with Crippen LogP contribution in [0.15, 0.2) is 91.1 Å². The molecule has 0 unspecified atom stereocenters. The Morgan fingerprint density at radius 1 is 0.900 bits per heavy atom. The number of nitrogens with one attached hydrogen (secondary N) is 1.